The maximum atomic E-state index is 12.3. The van der Waals surface area contributed by atoms with Gasteiger partial charge in [0.15, 0.2) is 0 Å². The van der Waals surface area contributed by atoms with Gasteiger partial charge in [-0.3, -0.25) is 4.57 Å². The standard InChI is InChI=1S/C8H8F3O6PS2/c1-15-18(12)16-17-20(13,14)7-5-3-2-4-6(7)19-8(9,10)11/h2-5,18H,1H3. The Morgan fingerprint density at radius 2 is 1.85 bits per heavy atom. The average Bonchev–Trinajstić information content (AvgIpc) is 2.34. The van der Waals surface area contributed by atoms with Crippen molar-refractivity contribution in [2.24, 2.45) is 0 Å². The van der Waals surface area contributed by atoms with Gasteiger partial charge in [0, 0.05) is 12.0 Å². The quantitative estimate of drug-likeness (QED) is 0.337. The second-order valence-electron chi connectivity index (χ2n) is 3.05. The summed E-state index contributed by atoms with van der Waals surface area (Å²) in [4.78, 5) is -1.35. The lowest BCUT2D eigenvalue weighted by Crippen LogP contribution is -2.08. The number of benzene rings is 1. The van der Waals surface area contributed by atoms with Crippen molar-refractivity contribution in [1.29, 1.82) is 0 Å². The smallest absolute Gasteiger partial charge is 0.312 e. The van der Waals surface area contributed by atoms with Gasteiger partial charge in [-0.05, 0) is 23.9 Å². The van der Waals surface area contributed by atoms with Crippen LogP contribution in [0.2, 0.25) is 0 Å². The highest BCUT2D eigenvalue weighted by Gasteiger charge is 2.33. The molecular weight excluding hydrogens is 344 g/mol. The lowest BCUT2D eigenvalue weighted by molar-refractivity contribution is -0.0964. The van der Waals surface area contributed by atoms with Crippen LogP contribution in [-0.4, -0.2) is 21.0 Å². The first-order valence-corrected chi connectivity index (χ1v) is 8.14. The van der Waals surface area contributed by atoms with E-state index in [1.807, 2.05) is 0 Å². The maximum absolute atomic E-state index is 12.3. The Kier molecular flexibility index (Phi) is 6.05. The van der Waals surface area contributed by atoms with Crippen molar-refractivity contribution in [2.75, 3.05) is 7.11 Å². The minimum absolute atomic E-state index is 0.597. The van der Waals surface area contributed by atoms with E-state index in [1.54, 1.807) is 0 Å². The van der Waals surface area contributed by atoms with Gasteiger partial charge in [-0.1, -0.05) is 16.5 Å². The molecule has 1 unspecified atom stereocenters. The third kappa shape index (κ3) is 5.43. The molecule has 0 aromatic heterocycles. The summed E-state index contributed by atoms with van der Waals surface area (Å²) in [5.41, 5.74) is -4.67. The van der Waals surface area contributed by atoms with Gasteiger partial charge < -0.3 is 4.52 Å². The average molecular weight is 352 g/mol. The van der Waals surface area contributed by atoms with E-state index >= 15 is 0 Å². The van der Waals surface area contributed by atoms with Gasteiger partial charge >= 0.3 is 23.9 Å². The van der Waals surface area contributed by atoms with Crippen LogP contribution in [-0.2, 0) is 28.2 Å². The van der Waals surface area contributed by atoms with Crippen LogP contribution >= 0.6 is 20.0 Å². The molecule has 0 fully saturated rings. The molecule has 0 bridgehead atoms. The summed E-state index contributed by atoms with van der Waals surface area (Å²) >= 11 is -0.622. The summed E-state index contributed by atoms with van der Waals surface area (Å²) in [5.74, 6) is 0. The number of alkyl halides is 3. The Bertz CT molecular complexity index is 588. The van der Waals surface area contributed by atoms with Crippen LogP contribution < -0.4 is 0 Å². The van der Waals surface area contributed by atoms with E-state index in [9.17, 15) is 26.2 Å². The zero-order valence-electron chi connectivity index (χ0n) is 9.71. The SMILES string of the molecule is CO[PH](=O)OOS(=O)(=O)c1ccccc1SC(F)(F)F. The molecule has 0 heterocycles. The predicted octanol–water partition coefficient (Wildman–Crippen LogP) is 2.97. The fraction of sp³-hybridized carbons (Fsp3) is 0.250. The van der Waals surface area contributed by atoms with Gasteiger partial charge in [0.1, 0.15) is 4.90 Å². The number of hydrogen-bond acceptors (Lipinski definition) is 7. The number of thioether (sulfide) groups is 1. The Balaban J connectivity index is 3.03. The molecule has 12 heteroatoms. The zero-order chi connectivity index (χ0) is 15.4. The fourth-order valence-electron chi connectivity index (χ4n) is 1.01. The largest absolute Gasteiger partial charge is 0.446 e. The van der Waals surface area contributed by atoms with Crippen molar-refractivity contribution in [3.63, 3.8) is 0 Å². The van der Waals surface area contributed by atoms with Crippen molar-refractivity contribution in [3.05, 3.63) is 24.3 Å². The lowest BCUT2D eigenvalue weighted by atomic mass is 10.4. The summed E-state index contributed by atoms with van der Waals surface area (Å²) < 4.78 is 83.0. The van der Waals surface area contributed by atoms with Crippen LogP contribution in [0.3, 0.4) is 0 Å². The summed E-state index contributed by atoms with van der Waals surface area (Å²) in [6.45, 7) is 0. The molecule has 114 valence electrons. The molecule has 0 amide bonds. The molecule has 0 N–H and O–H groups in total. The second-order valence-corrected chi connectivity index (χ2v) is 6.72. The van der Waals surface area contributed by atoms with Crippen LogP contribution in [0.4, 0.5) is 13.2 Å². The Morgan fingerprint density at radius 1 is 1.25 bits per heavy atom. The van der Waals surface area contributed by atoms with Crippen LogP contribution in [0.1, 0.15) is 0 Å². The van der Waals surface area contributed by atoms with Crippen molar-refractivity contribution in [2.45, 2.75) is 15.3 Å². The van der Waals surface area contributed by atoms with Gasteiger partial charge in [0.2, 0.25) is 0 Å². The molecule has 0 saturated heterocycles. The Labute approximate surface area is 117 Å². The summed E-state index contributed by atoms with van der Waals surface area (Å²) in [5, 5.41) is 0. The minimum Gasteiger partial charge on any atom is -0.312 e. The molecule has 0 aliphatic heterocycles. The van der Waals surface area contributed by atoms with Crippen LogP contribution in [0.15, 0.2) is 34.1 Å². The lowest BCUT2D eigenvalue weighted by Gasteiger charge is -2.10. The maximum Gasteiger partial charge on any atom is 0.446 e. The van der Waals surface area contributed by atoms with E-state index < -0.39 is 45.4 Å². The molecule has 0 radical (unpaired) electrons. The third-order valence-corrected chi connectivity index (χ3v) is 4.45. The molecular formula is C8H8F3O6PS2. The van der Waals surface area contributed by atoms with Gasteiger partial charge in [0.25, 0.3) is 0 Å². The molecule has 1 aromatic carbocycles. The molecule has 1 aromatic rings. The summed E-state index contributed by atoms with van der Waals surface area (Å²) in [6.07, 6.45) is 0. The molecule has 0 aliphatic rings. The predicted molar refractivity (Wildman–Crippen MR) is 63.7 cm³/mol. The number of hydrogen-bond donors (Lipinski definition) is 0. The summed E-state index contributed by atoms with van der Waals surface area (Å²) in [7, 11) is -6.89. The topological polar surface area (TPSA) is 78.9 Å². The van der Waals surface area contributed by atoms with Gasteiger partial charge in [0.05, 0.1) is 0 Å². The van der Waals surface area contributed by atoms with E-state index in [0.29, 0.717) is 0 Å². The first-order chi connectivity index (χ1) is 9.15. The zero-order valence-corrected chi connectivity index (χ0v) is 12.3. The fourth-order valence-corrected chi connectivity index (χ4v) is 3.29. The van der Waals surface area contributed by atoms with Crippen LogP contribution in [0.25, 0.3) is 0 Å². The Hall–Kier alpha value is -0.580. The molecule has 0 aliphatic carbocycles. The normalized spacial score (nSPS) is 14.2. The molecule has 6 nitrogen and oxygen atoms in total. The number of halogens is 3. The van der Waals surface area contributed by atoms with E-state index in [4.69, 9.17) is 0 Å². The molecule has 1 rings (SSSR count). The van der Waals surface area contributed by atoms with Crippen LogP contribution in [0, 0.1) is 0 Å². The van der Waals surface area contributed by atoms with Crippen molar-refractivity contribution in [1.82, 2.24) is 0 Å². The van der Waals surface area contributed by atoms with E-state index in [1.165, 1.54) is 12.1 Å². The molecule has 20 heavy (non-hydrogen) atoms. The first-order valence-electron chi connectivity index (χ1n) is 4.69. The second kappa shape index (κ2) is 6.92. The monoisotopic (exact) mass is 352 g/mol. The molecule has 1 atom stereocenters. The Morgan fingerprint density at radius 3 is 2.40 bits per heavy atom. The highest BCUT2D eigenvalue weighted by atomic mass is 32.2. The number of rotatable bonds is 6. The van der Waals surface area contributed by atoms with Gasteiger partial charge in [-0.15, -0.1) is 4.67 Å². The molecule has 0 saturated carbocycles. The van der Waals surface area contributed by atoms with Crippen molar-refractivity contribution >= 4 is 30.1 Å². The molecule has 0 spiro atoms. The van der Waals surface area contributed by atoms with E-state index in [-0.39, 0.29) is 0 Å². The first kappa shape index (κ1) is 17.5. The highest BCUT2D eigenvalue weighted by molar-refractivity contribution is 8.00. The summed E-state index contributed by atoms with van der Waals surface area (Å²) in [6, 6.07) is 4.28. The van der Waals surface area contributed by atoms with E-state index in [2.05, 4.69) is 13.5 Å². The minimum atomic E-state index is -4.67. The van der Waals surface area contributed by atoms with Crippen molar-refractivity contribution < 1.29 is 39.7 Å². The third-order valence-electron chi connectivity index (χ3n) is 1.70. The van der Waals surface area contributed by atoms with Gasteiger partial charge in [-0.2, -0.15) is 21.6 Å². The highest BCUT2D eigenvalue weighted by Crippen LogP contribution is 2.40. The van der Waals surface area contributed by atoms with Crippen molar-refractivity contribution in [3.8, 4) is 0 Å². The van der Waals surface area contributed by atoms with Crippen LogP contribution in [0.5, 0.6) is 0 Å². The van der Waals surface area contributed by atoms with Gasteiger partial charge in [-0.25, -0.2) is 0 Å². The van der Waals surface area contributed by atoms with E-state index in [0.717, 1.165) is 19.2 Å².